The Bertz CT molecular complexity index is 646. The van der Waals surface area contributed by atoms with Crippen molar-refractivity contribution in [2.24, 2.45) is 0 Å². The standard InChI is InChI=1S/C25H48O8S.2Na/c1-2-3-4-5-6-7-8-9-10-11-12-13-14-15-16-17-18-20-33-21-19-25(24(28)29,22-23(26)27)34(30,31)32;;/h2-22H2,1H3,(H,26,27)(H,28,29)(H,30,31,32);;/q;2*+1/p-2. The molecule has 0 heterocycles. The zero-order valence-electron chi connectivity index (χ0n) is 23.1. The van der Waals surface area contributed by atoms with Gasteiger partial charge in [0, 0.05) is 25.6 Å². The molecule has 11 heteroatoms. The number of aliphatic carboxylic acids is 2. The van der Waals surface area contributed by atoms with E-state index >= 15 is 0 Å². The summed E-state index contributed by atoms with van der Waals surface area (Å²) in [7, 11) is -5.21. The molecule has 0 saturated heterocycles. The van der Waals surface area contributed by atoms with E-state index in [4.69, 9.17) is 4.74 Å². The minimum Gasteiger partial charge on any atom is -0.550 e. The number of carboxylic acid groups (broad SMARTS) is 2. The number of carboxylic acids is 2. The van der Waals surface area contributed by atoms with E-state index in [1.165, 1.54) is 83.5 Å². The Morgan fingerprint density at radius 3 is 1.36 bits per heavy atom. The van der Waals surface area contributed by atoms with Gasteiger partial charge in [-0.15, -0.1) is 0 Å². The van der Waals surface area contributed by atoms with E-state index in [2.05, 4.69) is 6.92 Å². The van der Waals surface area contributed by atoms with Crippen molar-refractivity contribution < 1.29 is 96.6 Å². The zero-order chi connectivity index (χ0) is 25.7. The summed E-state index contributed by atoms with van der Waals surface area (Å²) in [5.74, 6) is -4.09. The summed E-state index contributed by atoms with van der Waals surface area (Å²) < 4.78 is 34.4. The fraction of sp³-hybridized carbons (Fsp3) is 0.920. The molecule has 0 aliphatic rings. The Labute approximate surface area is 263 Å². The molecular weight excluding hydrogens is 506 g/mol. The average molecular weight is 553 g/mol. The molecule has 1 unspecified atom stereocenters. The maximum Gasteiger partial charge on any atom is 1.00 e. The Morgan fingerprint density at radius 2 is 1.06 bits per heavy atom. The summed E-state index contributed by atoms with van der Waals surface area (Å²) in [4.78, 5) is 22.0. The van der Waals surface area contributed by atoms with Gasteiger partial charge in [-0.3, -0.25) is 4.55 Å². The van der Waals surface area contributed by atoms with Crippen LogP contribution in [0.25, 0.3) is 0 Å². The number of carbonyl (C=O) groups is 2. The summed E-state index contributed by atoms with van der Waals surface area (Å²) in [6, 6.07) is 0. The van der Waals surface area contributed by atoms with Crippen LogP contribution in [0.3, 0.4) is 0 Å². The average Bonchev–Trinajstić information content (AvgIpc) is 2.75. The first-order valence-electron chi connectivity index (χ1n) is 13.1. The molecule has 1 atom stereocenters. The SMILES string of the molecule is CCCCCCCCCCCCCCCCCCCOCCC(CC(=O)[O-])(C(=O)[O-])S(=O)(=O)O.[Na+].[Na+]. The predicted molar refractivity (Wildman–Crippen MR) is 129 cm³/mol. The van der Waals surface area contributed by atoms with Crippen LogP contribution in [0.1, 0.15) is 129 Å². The van der Waals surface area contributed by atoms with Crippen molar-refractivity contribution in [1.29, 1.82) is 0 Å². The molecule has 0 rings (SSSR count). The van der Waals surface area contributed by atoms with Crippen LogP contribution in [-0.4, -0.2) is 42.9 Å². The first-order chi connectivity index (χ1) is 16.2. The van der Waals surface area contributed by atoms with Gasteiger partial charge in [-0.05, 0) is 12.8 Å². The molecule has 36 heavy (non-hydrogen) atoms. The molecule has 202 valence electrons. The molecule has 0 spiro atoms. The second kappa shape index (κ2) is 26.1. The molecule has 0 fully saturated rings. The van der Waals surface area contributed by atoms with Crippen molar-refractivity contribution in [2.45, 2.75) is 134 Å². The maximum atomic E-state index is 11.5. The third-order valence-corrected chi connectivity index (χ3v) is 7.84. The predicted octanol–water partition coefficient (Wildman–Crippen LogP) is -2.43. The molecule has 0 aromatic heterocycles. The van der Waals surface area contributed by atoms with Crippen LogP contribution in [0.4, 0.5) is 0 Å². The summed E-state index contributed by atoms with van der Waals surface area (Å²) in [5.41, 5.74) is 0. The van der Waals surface area contributed by atoms with Crippen molar-refractivity contribution in [3.8, 4) is 0 Å². The molecular formula is C25H46Na2O8S. The van der Waals surface area contributed by atoms with Gasteiger partial charge in [0.1, 0.15) is 4.75 Å². The number of rotatable bonds is 25. The summed E-state index contributed by atoms with van der Waals surface area (Å²) >= 11 is 0. The summed E-state index contributed by atoms with van der Waals surface area (Å²) in [6.45, 7) is 2.23. The van der Waals surface area contributed by atoms with Gasteiger partial charge in [0.25, 0.3) is 10.1 Å². The van der Waals surface area contributed by atoms with E-state index in [0.29, 0.717) is 6.61 Å². The van der Waals surface area contributed by atoms with Gasteiger partial charge in [-0.25, -0.2) is 0 Å². The quantitative estimate of drug-likeness (QED) is 0.0748. The fourth-order valence-corrected chi connectivity index (χ4v) is 4.94. The van der Waals surface area contributed by atoms with Crippen LogP contribution in [0.2, 0.25) is 0 Å². The molecule has 8 nitrogen and oxygen atoms in total. The van der Waals surface area contributed by atoms with Gasteiger partial charge in [0.15, 0.2) is 0 Å². The molecule has 0 aromatic rings. The van der Waals surface area contributed by atoms with Crippen molar-refractivity contribution in [3.05, 3.63) is 0 Å². The number of hydrogen-bond acceptors (Lipinski definition) is 7. The number of carbonyl (C=O) groups excluding carboxylic acids is 2. The zero-order valence-corrected chi connectivity index (χ0v) is 27.9. The summed E-state index contributed by atoms with van der Waals surface area (Å²) in [6.07, 6.45) is 19.2. The Morgan fingerprint density at radius 1 is 0.694 bits per heavy atom. The van der Waals surface area contributed by atoms with Gasteiger partial charge in [0.05, 0.1) is 5.97 Å². The maximum absolute atomic E-state index is 11.5. The second-order valence-corrected chi connectivity index (χ2v) is 11.1. The number of unbranched alkanes of at least 4 members (excludes halogenated alkanes) is 16. The van der Waals surface area contributed by atoms with Crippen LogP contribution >= 0.6 is 0 Å². The molecule has 0 radical (unpaired) electrons. The van der Waals surface area contributed by atoms with E-state index in [9.17, 15) is 32.8 Å². The molecule has 0 amide bonds. The first-order valence-corrected chi connectivity index (χ1v) is 14.6. The van der Waals surface area contributed by atoms with Gasteiger partial charge >= 0.3 is 59.1 Å². The van der Waals surface area contributed by atoms with Crippen LogP contribution in [-0.2, 0) is 24.4 Å². The van der Waals surface area contributed by atoms with E-state index in [1.807, 2.05) is 0 Å². The van der Waals surface area contributed by atoms with Gasteiger partial charge in [-0.1, -0.05) is 110 Å². The van der Waals surface area contributed by atoms with Gasteiger partial charge in [0.2, 0.25) is 0 Å². The Hall–Kier alpha value is 0.810. The van der Waals surface area contributed by atoms with Crippen LogP contribution in [0.5, 0.6) is 0 Å². The Balaban J connectivity index is -0.00000544. The number of hydrogen-bond donors (Lipinski definition) is 1. The second-order valence-electron chi connectivity index (χ2n) is 9.32. The monoisotopic (exact) mass is 552 g/mol. The molecule has 0 bridgehead atoms. The van der Waals surface area contributed by atoms with E-state index < -0.39 is 39.6 Å². The molecule has 0 aliphatic heterocycles. The van der Waals surface area contributed by atoms with Crippen LogP contribution in [0.15, 0.2) is 0 Å². The van der Waals surface area contributed by atoms with E-state index in [1.54, 1.807) is 0 Å². The third kappa shape index (κ3) is 20.7. The molecule has 1 N–H and O–H groups in total. The smallest absolute Gasteiger partial charge is 0.550 e. The first kappa shape index (κ1) is 41.3. The van der Waals surface area contributed by atoms with Crippen LogP contribution < -0.4 is 69.3 Å². The van der Waals surface area contributed by atoms with Crippen molar-refractivity contribution >= 4 is 22.1 Å². The molecule has 0 aromatic carbocycles. The van der Waals surface area contributed by atoms with E-state index in [-0.39, 0.29) is 65.7 Å². The van der Waals surface area contributed by atoms with Gasteiger partial charge in [-0.2, -0.15) is 8.42 Å². The topological polar surface area (TPSA) is 144 Å². The molecule has 0 saturated carbocycles. The van der Waals surface area contributed by atoms with Crippen molar-refractivity contribution in [3.63, 3.8) is 0 Å². The fourth-order valence-electron chi connectivity index (χ4n) is 4.09. The Kier molecular flexibility index (Phi) is 29.9. The largest absolute Gasteiger partial charge is 1.00 e. The third-order valence-electron chi connectivity index (χ3n) is 6.34. The minimum atomic E-state index is -5.21. The number of ether oxygens (including phenoxy) is 1. The van der Waals surface area contributed by atoms with Gasteiger partial charge < -0.3 is 24.5 Å². The molecule has 0 aliphatic carbocycles. The minimum absolute atomic E-state index is 0. The summed E-state index contributed by atoms with van der Waals surface area (Å²) in [5, 5.41) is 22.0. The van der Waals surface area contributed by atoms with Crippen molar-refractivity contribution in [2.75, 3.05) is 13.2 Å². The van der Waals surface area contributed by atoms with E-state index in [0.717, 1.165) is 25.7 Å². The van der Waals surface area contributed by atoms with Crippen molar-refractivity contribution in [1.82, 2.24) is 0 Å². The normalized spacial score (nSPS) is 12.8. The van der Waals surface area contributed by atoms with Crippen LogP contribution in [0, 0.1) is 0 Å².